The van der Waals surface area contributed by atoms with Crippen molar-refractivity contribution in [2.75, 3.05) is 31.6 Å². The summed E-state index contributed by atoms with van der Waals surface area (Å²) in [5, 5.41) is 7.81. The third-order valence-electron chi connectivity index (χ3n) is 11.3. The van der Waals surface area contributed by atoms with Gasteiger partial charge in [-0.25, -0.2) is 9.78 Å². The van der Waals surface area contributed by atoms with Gasteiger partial charge < -0.3 is 29.7 Å². The summed E-state index contributed by atoms with van der Waals surface area (Å²) in [5.74, 6) is 4.43. The number of nitrogens with zero attached hydrogens (tertiary/aromatic N) is 5. The van der Waals surface area contributed by atoms with Gasteiger partial charge in [0.25, 0.3) is 5.91 Å². The van der Waals surface area contributed by atoms with Gasteiger partial charge in [-0.05, 0) is 93.8 Å². The smallest absolute Gasteiger partial charge is 0.408 e. The standard InChI is InChI=1S/C47H57N7O8S/c1-46(2,3)39(50-45(61)62-47(4,5)6)44(60)53-26-12-16-36(53)43(59)52(32-19-17-31(18-20-32)41-48-24-28-63-41)27-23-38(56)51(7)25-10-8-9-13-30-14-11-15-33-34(30)29-54(42(33)58)35-21-22-37(55)49-40(35)57/h11,14-15,17-20,24,28,35-36,39H,8,10,12,16,21-23,25-27,29H2,1-7H3,(H,50,61)(H,49,55,57)/t35?,36-,39+/m0/s1. The Morgan fingerprint density at radius 3 is 2.43 bits per heavy atom. The van der Waals surface area contributed by atoms with Crippen molar-refractivity contribution in [2.45, 2.75) is 117 Å². The van der Waals surface area contributed by atoms with Crippen LogP contribution in [-0.2, 0) is 35.3 Å². The predicted molar refractivity (Wildman–Crippen MR) is 238 cm³/mol. The van der Waals surface area contributed by atoms with Crippen molar-refractivity contribution in [3.05, 3.63) is 70.7 Å². The summed E-state index contributed by atoms with van der Waals surface area (Å²) in [6.45, 7) is 11.9. The zero-order valence-electron chi connectivity index (χ0n) is 37.1. The second-order valence-corrected chi connectivity index (χ2v) is 19.1. The fourth-order valence-electron chi connectivity index (χ4n) is 8.01. The fourth-order valence-corrected chi connectivity index (χ4v) is 8.66. The van der Waals surface area contributed by atoms with Crippen LogP contribution in [0, 0.1) is 17.3 Å². The molecule has 16 heteroatoms. The number of imide groups is 1. The number of piperidine rings is 1. The topological polar surface area (TPSA) is 179 Å². The van der Waals surface area contributed by atoms with E-state index < -0.39 is 41.1 Å². The minimum absolute atomic E-state index is 0.0293. The molecule has 0 aliphatic carbocycles. The fraction of sp³-hybridized carbons (Fsp3) is 0.489. The van der Waals surface area contributed by atoms with Crippen LogP contribution >= 0.6 is 11.3 Å². The summed E-state index contributed by atoms with van der Waals surface area (Å²) in [5.41, 5.74) is 1.95. The van der Waals surface area contributed by atoms with E-state index in [9.17, 15) is 33.6 Å². The van der Waals surface area contributed by atoms with Crippen LogP contribution in [0.2, 0.25) is 0 Å². The molecule has 0 radical (unpaired) electrons. The Bertz CT molecular complexity index is 2290. The van der Waals surface area contributed by atoms with Gasteiger partial charge in [-0.2, -0.15) is 0 Å². The minimum atomic E-state index is -0.959. The molecule has 1 unspecified atom stereocenters. The molecule has 2 aromatic carbocycles. The molecule has 7 amide bonds. The van der Waals surface area contributed by atoms with Crippen LogP contribution in [0.5, 0.6) is 0 Å². The highest BCUT2D eigenvalue weighted by Crippen LogP contribution is 2.32. The number of rotatable bonds is 12. The third kappa shape index (κ3) is 11.3. The van der Waals surface area contributed by atoms with Crippen LogP contribution in [0.25, 0.3) is 10.6 Å². The first-order valence-corrected chi connectivity index (χ1v) is 22.3. The number of likely N-dealkylation sites (tertiary alicyclic amines) is 1. The van der Waals surface area contributed by atoms with Crippen LogP contribution in [0.1, 0.15) is 108 Å². The average Bonchev–Trinajstić information content (AvgIpc) is 4.01. The van der Waals surface area contributed by atoms with Gasteiger partial charge in [0.1, 0.15) is 28.7 Å². The van der Waals surface area contributed by atoms with E-state index >= 15 is 0 Å². The molecule has 63 heavy (non-hydrogen) atoms. The lowest BCUT2D eigenvalue weighted by Gasteiger charge is -2.37. The molecule has 0 spiro atoms. The number of amides is 7. The average molecular weight is 880 g/mol. The molecule has 15 nitrogen and oxygen atoms in total. The van der Waals surface area contributed by atoms with E-state index in [1.807, 2.05) is 56.5 Å². The molecular formula is C47H57N7O8S. The van der Waals surface area contributed by atoms with E-state index in [0.29, 0.717) is 55.6 Å². The molecule has 0 bridgehead atoms. The summed E-state index contributed by atoms with van der Waals surface area (Å²) in [6.07, 6.45) is 3.58. The molecular weight excluding hydrogens is 823 g/mol. The maximum atomic E-state index is 14.6. The molecule has 3 aliphatic rings. The van der Waals surface area contributed by atoms with Gasteiger partial charge >= 0.3 is 6.09 Å². The van der Waals surface area contributed by atoms with E-state index in [-0.39, 0.29) is 61.9 Å². The van der Waals surface area contributed by atoms with Gasteiger partial charge in [-0.15, -0.1) is 11.3 Å². The van der Waals surface area contributed by atoms with Crippen molar-refractivity contribution in [2.24, 2.45) is 5.41 Å². The Balaban J connectivity index is 1.10. The second-order valence-electron chi connectivity index (χ2n) is 18.2. The monoisotopic (exact) mass is 879 g/mol. The number of carbonyl (C=O) groups is 7. The largest absolute Gasteiger partial charge is 0.444 e. The van der Waals surface area contributed by atoms with E-state index in [1.165, 1.54) is 16.2 Å². The molecule has 2 saturated heterocycles. The zero-order chi connectivity index (χ0) is 45.6. The molecule has 4 heterocycles. The molecule has 3 aliphatic heterocycles. The number of ether oxygens (including phenoxy) is 1. The Morgan fingerprint density at radius 2 is 1.76 bits per heavy atom. The lowest BCUT2D eigenvalue weighted by Crippen LogP contribution is -2.58. The summed E-state index contributed by atoms with van der Waals surface area (Å²) in [7, 11) is 1.71. The summed E-state index contributed by atoms with van der Waals surface area (Å²) in [4.78, 5) is 103. The molecule has 3 aromatic rings. The molecule has 2 fully saturated rings. The Morgan fingerprint density at radius 1 is 1.02 bits per heavy atom. The molecule has 334 valence electrons. The van der Waals surface area contributed by atoms with E-state index in [1.54, 1.807) is 60.8 Å². The van der Waals surface area contributed by atoms with Gasteiger partial charge in [0.2, 0.25) is 29.5 Å². The number of unbranched alkanes of at least 4 members (excludes halogenated alkanes) is 1. The zero-order valence-corrected chi connectivity index (χ0v) is 37.9. The lowest BCUT2D eigenvalue weighted by atomic mass is 9.85. The number of carbonyl (C=O) groups excluding carboxylic acids is 7. The minimum Gasteiger partial charge on any atom is -0.444 e. The van der Waals surface area contributed by atoms with Gasteiger partial charge in [-0.3, -0.25) is 34.1 Å². The number of hydrogen-bond donors (Lipinski definition) is 2. The van der Waals surface area contributed by atoms with Crippen LogP contribution in [0.3, 0.4) is 0 Å². The predicted octanol–water partition coefficient (Wildman–Crippen LogP) is 5.51. The van der Waals surface area contributed by atoms with Crippen LogP contribution in [0.15, 0.2) is 54.0 Å². The van der Waals surface area contributed by atoms with E-state index in [2.05, 4.69) is 27.5 Å². The number of aromatic nitrogens is 1. The Kier molecular flexibility index (Phi) is 14.4. The van der Waals surface area contributed by atoms with Crippen molar-refractivity contribution in [1.29, 1.82) is 0 Å². The maximum absolute atomic E-state index is 14.6. The Labute approximate surface area is 372 Å². The summed E-state index contributed by atoms with van der Waals surface area (Å²) >= 11 is 1.50. The van der Waals surface area contributed by atoms with Gasteiger partial charge in [0.15, 0.2) is 0 Å². The Hall–Kier alpha value is -6.08. The second kappa shape index (κ2) is 19.5. The van der Waals surface area contributed by atoms with Gasteiger partial charge in [0.05, 0.1) is 0 Å². The first kappa shape index (κ1) is 46.4. The number of alkyl carbamates (subject to hydrolysis) is 1. The highest BCUT2D eigenvalue weighted by atomic mass is 32.1. The highest BCUT2D eigenvalue weighted by molar-refractivity contribution is 7.13. The van der Waals surface area contributed by atoms with E-state index in [0.717, 1.165) is 16.1 Å². The van der Waals surface area contributed by atoms with Crippen molar-refractivity contribution in [3.63, 3.8) is 0 Å². The van der Waals surface area contributed by atoms with E-state index in [4.69, 9.17) is 4.74 Å². The summed E-state index contributed by atoms with van der Waals surface area (Å²) in [6, 6.07) is 10.3. The number of hydrogen-bond acceptors (Lipinski definition) is 10. The number of thiazole rings is 1. The van der Waals surface area contributed by atoms with Crippen LogP contribution < -0.4 is 15.5 Å². The first-order chi connectivity index (χ1) is 29.8. The molecule has 2 N–H and O–H groups in total. The number of nitrogens with one attached hydrogen (secondary N) is 2. The quantitative estimate of drug-likeness (QED) is 0.135. The van der Waals surface area contributed by atoms with Crippen LogP contribution in [-0.4, -0.2) is 112 Å². The highest BCUT2D eigenvalue weighted by Gasteiger charge is 2.44. The molecule has 3 atom stereocenters. The van der Waals surface area contributed by atoms with Gasteiger partial charge in [0, 0.05) is 86.4 Å². The van der Waals surface area contributed by atoms with Gasteiger partial charge in [-0.1, -0.05) is 38.7 Å². The maximum Gasteiger partial charge on any atom is 0.408 e. The van der Waals surface area contributed by atoms with Crippen molar-refractivity contribution in [1.82, 2.24) is 30.3 Å². The molecule has 1 aromatic heterocycles. The van der Waals surface area contributed by atoms with Crippen molar-refractivity contribution < 1.29 is 38.3 Å². The molecule has 0 saturated carbocycles. The SMILES string of the molecule is CN(CCCC#Cc1cccc2c1CN(C1CCC(=O)NC1=O)C2=O)C(=O)CCN(C(=O)[C@@H]1CCCN1C(=O)[C@@H](NC(=O)OC(C)(C)C)C(C)(C)C)c1ccc(-c2nccs2)cc1. The van der Waals surface area contributed by atoms with Crippen molar-refractivity contribution >= 4 is 58.6 Å². The lowest BCUT2D eigenvalue weighted by molar-refractivity contribution is -0.141. The third-order valence-corrected chi connectivity index (χ3v) is 12.1. The first-order valence-electron chi connectivity index (χ1n) is 21.4. The van der Waals surface area contributed by atoms with Crippen LogP contribution in [0.4, 0.5) is 10.5 Å². The van der Waals surface area contributed by atoms with Crippen molar-refractivity contribution in [3.8, 4) is 22.4 Å². The number of fused-ring (bicyclic) bond motifs is 1. The number of benzene rings is 2. The molecule has 6 rings (SSSR count). The number of anilines is 1. The normalized spacial score (nSPS) is 17.9. The summed E-state index contributed by atoms with van der Waals surface area (Å²) < 4.78 is 5.48.